The van der Waals surface area contributed by atoms with Crippen LogP contribution in [0.5, 0.6) is 23.0 Å². The smallest absolute Gasteiger partial charge is 0.416 e. The Morgan fingerprint density at radius 1 is 0.859 bits per heavy atom. The number of fused-ring (bicyclic) bond motifs is 4. The van der Waals surface area contributed by atoms with Crippen LogP contribution in [0.15, 0.2) is 101 Å². The van der Waals surface area contributed by atoms with Crippen LogP contribution in [-0.2, 0) is 16.1 Å². The Morgan fingerprint density at radius 3 is 2.14 bits per heavy atom. The number of hydrogen-bond acceptors (Lipinski definition) is 13. The summed E-state index contributed by atoms with van der Waals surface area (Å²) in [7, 11) is 4.68. The molecule has 16 nitrogen and oxygen atoms in total. The van der Waals surface area contributed by atoms with Crippen LogP contribution >= 0.6 is 0 Å². The number of benzene rings is 3. The fraction of sp³-hybridized carbons (Fsp3) is 0.354. The minimum atomic E-state index is -1.49. The van der Waals surface area contributed by atoms with Crippen molar-refractivity contribution in [2.45, 2.75) is 71.0 Å². The highest BCUT2D eigenvalue weighted by Crippen LogP contribution is 2.43. The molecule has 0 bridgehead atoms. The molecule has 3 aromatic carbocycles. The van der Waals surface area contributed by atoms with Gasteiger partial charge in [-0.25, -0.2) is 9.69 Å². The van der Waals surface area contributed by atoms with E-state index in [4.69, 9.17) is 23.7 Å². The van der Waals surface area contributed by atoms with Crippen molar-refractivity contribution >= 4 is 47.0 Å². The van der Waals surface area contributed by atoms with Crippen molar-refractivity contribution in [3.05, 3.63) is 113 Å². The zero-order valence-corrected chi connectivity index (χ0v) is 36.8. The van der Waals surface area contributed by atoms with E-state index in [1.807, 2.05) is 44.4 Å². The van der Waals surface area contributed by atoms with Crippen molar-refractivity contribution in [3.63, 3.8) is 0 Å². The summed E-state index contributed by atoms with van der Waals surface area (Å²) in [6.07, 6.45) is 11.9. The third kappa shape index (κ3) is 9.52. The Hall–Kier alpha value is -6.91. The minimum Gasteiger partial charge on any atom is -0.493 e. The van der Waals surface area contributed by atoms with Gasteiger partial charge in [0.05, 0.1) is 74.6 Å². The molecule has 0 fully saturated rings. The number of ether oxygens (including phenoxy) is 5. The Labute approximate surface area is 372 Å². The number of aliphatic imine (C=N–C) groups is 1. The van der Waals surface area contributed by atoms with E-state index in [-0.39, 0.29) is 72.9 Å². The Morgan fingerprint density at radius 2 is 1.48 bits per heavy atom. The zero-order chi connectivity index (χ0) is 45.5. The van der Waals surface area contributed by atoms with E-state index in [1.165, 1.54) is 31.3 Å². The first-order chi connectivity index (χ1) is 31.0. The molecule has 3 aromatic rings. The summed E-state index contributed by atoms with van der Waals surface area (Å²) in [5.41, 5.74) is 4.31. The SMILES string of the molecule is C/C=C/C1=CN2C(=O)c3cc(OC)c(OCCCOc4cc5c(cc4OC)C(=O)N4C=C(/C=C/C)C[C@H]4[C@H](O)N5C(=O)OCc4ccc(NCC(=O)[C@H](C)NC)cc4)cc3N=C[C@@H]2C1. The molecule has 0 spiro atoms. The number of anilines is 2. The number of carbonyl (C=O) groups excluding carboxylic acids is 4. The molecule has 0 aliphatic carbocycles. The summed E-state index contributed by atoms with van der Waals surface area (Å²) in [5.74, 6) is 0.653. The predicted octanol–water partition coefficient (Wildman–Crippen LogP) is 6.68. The average Bonchev–Trinajstić information content (AvgIpc) is 3.88. The number of hydrogen-bond donors (Lipinski definition) is 3. The van der Waals surface area contributed by atoms with E-state index in [1.54, 1.807) is 67.7 Å². The van der Waals surface area contributed by atoms with Gasteiger partial charge in [0, 0.05) is 42.9 Å². The molecule has 3 N–H and O–H groups in total. The number of amides is 3. The lowest BCUT2D eigenvalue weighted by Gasteiger charge is -2.31. The summed E-state index contributed by atoms with van der Waals surface area (Å²) in [6, 6.07) is 12.2. The van der Waals surface area contributed by atoms with E-state index in [0.717, 1.165) is 21.7 Å². The lowest BCUT2D eigenvalue weighted by atomic mass is 10.1. The molecule has 3 amide bonds. The standard InChI is InChI=1S/C48H54N6O10/c1-7-10-31-18-34-24-51-37-22-43(41(60-5)20-35(37)45(56)52(34)26-31)62-16-9-17-63-44-23-38-36(21-42(44)61-6)46(57)53-27-32(11-8-2)19-39(53)47(58)54(38)48(59)64-28-30-12-14-33(15-13-30)50-25-40(55)29(3)49-4/h7-8,10-15,20-24,26-27,29,34,39,47,49-50,58H,9,16-19,25,28H2,1-6H3/b10-7+,11-8+/t29-,34-,39-,47-/m0/s1. The number of aliphatic hydroxyl groups excluding tert-OH is 1. The third-order valence-corrected chi connectivity index (χ3v) is 11.4. The normalized spacial score (nSPS) is 19.3. The first-order valence-electron chi connectivity index (χ1n) is 21.2. The summed E-state index contributed by atoms with van der Waals surface area (Å²) in [4.78, 5) is 63.0. The van der Waals surface area contributed by atoms with Crippen molar-refractivity contribution in [3.8, 4) is 23.0 Å². The lowest BCUT2D eigenvalue weighted by molar-refractivity contribution is -0.118. The molecule has 0 unspecified atom stereocenters. The maximum atomic E-state index is 14.2. The molecular formula is C48H54N6O10. The molecule has 4 aliphatic heterocycles. The number of rotatable bonds is 17. The summed E-state index contributed by atoms with van der Waals surface area (Å²) >= 11 is 0. The third-order valence-electron chi connectivity index (χ3n) is 11.4. The second kappa shape index (κ2) is 20.1. The van der Waals surface area contributed by atoms with Gasteiger partial charge in [-0.05, 0) is 81.6 Å². The van der Waals surface area contributed by atoms with Crippen LogP contribution in [-0.4, -0.2) is 110 Å². The molecule has 0 saturated carbocycles. The van der Waals surface area contributed by atoms with Gasteiger partial charge in [0.1, 0.15) is 6.61 Å². The van der Waals surface area contributed by atoms with Gasteiger partial charge >= 0.3 is 6.09 Å². The summed E-state index contributed by atoms with van der Waals surface area (Å²) in [5, 5.41) is 17.9. The first kappa shape index (κ1) is 45.1. The number of ketones is 1. The van der Waals surface area contributed by atoms with E-state index in [2.05, 4.69) is 15.6 Å². The van der Waals surface area contributed by atoms with Crippen molar-refractivity contribution in [1.82, 2.24) is 15.1 Å². The maximum Gasteiger partial charge on any atom is 0.416 e. The molecule has 7 rings (SSSR count). The van der Waals surface area contributed by atoms with Gasteiger partial charge < -0.3 is 49.2 Å². The Bertz CT molecular complexity index is 2430. The van der Waals surface area contributed by atoms with Crippen LogP contribution in [0.2, 0.25) is 0 Å². The predicted molar refractivity (Wildman–Crippen MR) is 242 cm³/mol. The molecule has 4 heterocycles. The van der Waals surface area contributed by atoms with Gasteiger partial charge in [-0.1, -0.05) is 36.4 Å². The number of allylic oxidation sites excluding steroid dienone is 4. The molecule has 4 aliphatic rings. The minimum absolute atomic E-state index is 0.00995. The second-order valence-corrected chi connectivity index (χ2v) is 15.6. The number of Topliss-reactive ketones (excluding diaryl/α,β-unsaturated/α-hetero) is 1. The fourth-order valence-electron chi connectivity index (χ4n) is 7.89. The second-order valence-electron chi connectivity index (χ2n) is 15.6. The summed E-state index contributed by atoms with van der Waals surface area (Å²) in [6.45, 7) is 5.93. The van der Waals surface area contributed by atoms with Crippen molar-refractivity contribution in [2.24, 2.45) is 4.99 Å². The first-order valence-corrected chi connectivity index (χ1v) is 21.2. The molecule has 4 atom stereocenters. The average molecular weight is 875 g/mol. The van der Waals surface area contributed by atoms with Crippen molar-refractivity contribution in [1.29, 1.82) is 0 Å². The largest absolute Gasteiger partial charge is 0.493 e. The van der Waals surface area contributed by atoms with E-state index >= 15 is 0 Å². The number of nitrogens with one attached hydrogen (secondary N) is 2. The molecule has 336 valence electrons. The summed E-state index contributed by atoms with van der Waals surface area (Å²) < 4.78 is 29.4. The Kier molecular flexibility index (Phi) is 14.2. The van der Waals surface area contributed by atoms with Crippen LogP contribution < -0.4 is 34.5 Å². The van der Waals surface area contributed by atoms with E-state index in [9.17, 15) is 24.3 Å². The van der Waals surface area contributed by atoms with Crippen molar-refractivity contribution in [2.75, 3.05) is 51.2 Å². The van der Waals surface area contributed by atoms with Crippen LogP contribution in [0.4, 0.5) is 21.9 Å². The molecule has 0 aromatic heterocycles. The quantitative estimate of drug-likeness (QED) is 0.123. The van der Waals surface area contributed by atoms with Gasteiger partial charge in [0.15, 0.2) is 35.0 Å². The number of carbonyl (C=O) groups is 4. The molecule has 0 saturated heterocycles. The highest BCUT2D eigenvalue weighted by Gasteiger charge is 2.45. The van der Waals surface area contributed by atoms with Gasteiger partial charge in [-0.15, -0.1) is 0 Å². The van der Waals surface area contributed by atoms with Crippen molar-refractivity contribution < 1.29 is 48.0 Å². The molecule has 0 radical (unpaired) electrons. The highest BCUT2D eigenvalue weighted by atomic mass is 16.6. The van der Waals surface area contributed by atoms with E-state index in [0.29, 0.717) is 47.6 Å². The van der Waals surface area contributed by atoms with Gasteiger partial charge in [-0.3, -0.25) is 19.4 Å². The maximum absolute atomic E-state index is 14.2. The van der Waals surface area contributed by atoms with Crippen LogP contribution in [0, 0.1) is 0 Å². The topological polar surface area (TPSA) is 181 Å². The van der Waals surface area contributed by atoms with Crippen LogP contribution in [0.3, 0.4) is 0 Å². The van der Waals surface area contributed by atoms with Gasteiger partial charge in [0.25, 0.3) is 11.8 Å². The molecular weight excluding hydrogens is 821 g/mol. The number of likely N-dealkylation sites (N-methyl/N-ethyl adjacent to an activating group) is 1. The number of aliphatic hydroxyl groups is 1. The Balaban J connectivity index is 1.06. The lowest BCUT2D eigenvalue weighted by Crippen LogP contribution is -2.50. The molecule has 16 heteroatoms. The van der Waals surface area contributed by atoms with Gasteiger partial charge in [-0.2, -0.15) is 0 Å². The van der Waals surface area contributed by atoms with E-state index < -0.39 is 24.3 Å². The zero-order valence-electron chi connectivity index (χ0n) is 36.8. The number of nitrogens with zero attached hydrogens (tertiary/aromatic N) is 4. The van der Waals surface area contributed by atoms with Gasteiger partial charge in [0.2, 0.25) is 0 Å². The molecule has 64 heavy (non-hydrogen) atoms. The monoisotopic (exact) mass is 874 g/mol. The highest BCUT2D eigenvalue weighted by molar-refractivity contribution is 6.07. The number of methoxy groups -OCH3 is 2. The van der Waals surface area contributed by atoms with Crippen LogP contribution in [0.1, 0.15) is 66.3 Å². The fourth-order valence-corrected chi connectivity index (χ4v) is 7.89. The van der Waals surface area contributed by atoms with Crippen LogP contribution in [0.25, 0.3) is 0 Å².